The van der Waals surface area contributed by atoms with Crippen LogP contribution < -0.4 is 5.32 Å². The molecular formula is C48H61NO8. The fourth-order valence-electron chi connectivity index (χ4n) is 6.76. The monoisotopic (exact) mass is 779 g/mol. The molecule has 5 rings (SSSR count). The molecule has 1 aliphatic rings. The average molecular weight is 780 g/mol. The molecule has 0 saturated carbocycles. The molecule has 4 aromatic rings. The van der Waals surface area contributed by atoms with Crippen LogP contribution in [0.25, 0.3) is 0 Å². The van der Waals surface area contributed by atoms with Crippen LogP contribution in [0.5, 0.6) is 0 Å². The molecule has 2 N–H and O–H groups in total. The highest BCUT2D eigenvalue weighted by molar-refractivity contribution is 5.68. The molecule has 0 aliphatic carbocycles. The normalized spacial score (nSPS) is 20.9. The predicted octanol–water partition coefficient (Wildman–Crippen LogP) is 9.12. The van der Waals surface area contributed by atoms with E-state index in [1.165, 1.54) is 0 Å². The average Bonchev–Trinajstić information content (AvgIpc) is 3.21. The quantitative estimate of drug-likeness (QED) is 0.0638. The first-order valence-electron chi connectivity index (χ1n) is 20.3. The molecular weight excluding hydrogens is 719 g/mol. The van der Waals surface area contributed by atoms with E-state index in [4.69, 9.17) is 28.4 Å². The lowest BCUT2D eigenvalue weighted by atomic mass is 9.89. The molecule has 1 saturated heterocycles. The van der Waals surface area contributed by atoms with Gasteiger partial charge in [-0.15, -0.1) is 0 Å². The highest BCUT2D eigenvalue weighted by atomic mass is 16.6. The van der Waals surface area contributed by atoms with E-state index in [0.29, 0.717) is 19.8 Å². The summed E-state index contributed by atoms with van der Waals surface area (Å²) in [7, 11) is 0. The van der Waals surface area contributed by atoms with Gasteiger partial charge in [-0.2, -0.15) is 0 Å². The van der Waals surface area contributed by atoms with Crippen LogP contribution in [0.15, 0.2) is 133 Å². The van der Waals surface area contributed by atoms with E-state index < -0.39 is 54.4 Å². The van der Waals surface area contributed by atoms with Gasteiger partial charge >= 0.3 is 6.09 Å². The molecule has 1 heterocycles. The highest BCUT2D eigenvalue weighted by Crippen LogP contribution is 2.33. The van der Waals surface area contributed by atoms with Crippen molar-refractivity contribution >= 4 is 6.09 Å². The van der Waals surface area contributed by atoms with Gasteiger partial charge in [0.2, 0.25) is 0 Å². The zero-order valence-electron chi connectivity index (χ0n) is 33.9. The molecule has 9 heteroatoms. The Labute approximate surface area is 339 Å². The zero-order chi connectivity index (χ0) is 40.3. The Morgan fingerprint density at radius 3 is 1.63 bits per heavy atom. The van der Waals surface area contributed by atoms with Crippen molar-refractivity contribution in [3.8, 4) is 0 Å². The van der Waals surface area contributed by atoms with Gasteiger partial charge in [0.25, 0.3) is 0 Å². The van der Waals surface area contributed by atoms with Crippen molar-refractivity contribution in [2.45, 2.75) is 128 Å². The summed E-state index contributed by atoms with van der Waals surface area (Å²) < 4.78 is 39.6. The van der Waals surface area contributed by atoms with E-state index >= 15 is 0 Å². The Morgan fingerprint density at radius 1 is 0.702 bits per heavy atom. The van der Waals surface area contributed by atoms with Gasteiger partial charge in [0, 0.05) is 0 Å². The Hall–Kier alpha value is -4.35. The van der Waals surface area contributed by atoms with Crippen molar-refractivity contribution in [2.75, 3.05) is 6.61 Å². The number of hydrogen-bond acceptors (Lipinski definition) is 8. The number of allylic oxidation sites excluding steroid dienone is 1. The molecule has 7 atom stereocenters. The van der Waals surface area contributed by atoms with Crippen molar-refractivity contribution in [1.82, 2.24) is 5.32 Å². The van der Waals surface area contributed by atoms with Crippen LogP contribution in [0.1, 0.15) is 75.6 Å². The smallest absolute Gasteiger partial charge is 0.407 e. The zero-order valence-corrected chi connectivity index (χ0v) is 33.9. The number of nitrogens with one attached hydrogen (secondary N) is 1. The maximum atomic E-state index is 13.3. The van der Waals surface area contributed by atoms with Gasteiger partial charge in [0.1, 0.15) is 30.0 Å². The summed E-state index contributed by atoms with van der Waals surface area (Å²) in [5.41, 5.74) is 3.28. The molecule has 0 radical (unpaired) electrons. The summed E-state index contributed by atoms with van der Waals surface area (Å²) in [6.45, 7) is 9.03. The van der Waals surface area contributed by atoms with Crippen LogP contribution in [0.4, 0.5) is 4.79 Å². The van der Waals surface area contributed by atoms with Crippen molar-refractivity contribution in [3.63, 3.8) is 0 Å². The number of rotatable bonds is 21. The summed E-state index contributed by atoms with van der Waals surface area (Å²) >= 11 is 0. The number of aliphatic hydroxyl groups excluding tert-OH is 1. The first-order chi connectivity index (χ1) is 27.7. The molecule has 0 bridgehead atoms. The maximum absolute atomic E-state index is 13.3. The highest BCUT2D eigenvalue weighted by Gasteiger charge is 2.49. The molecule has 4 aromatic carbocycles. The predicted molar refractivity (Wildman–Crippen MR) is 222 cm³/mol. The van der Waals surface area contributed by atoms with E-state index in [1.54, 1.807) is 6.08 Å². The third kappa shape index (κ3) is 15.2. The van der Waals surface area contributed by atoms with E-state index in [9.17, 15) is 9.90 Å². The summed E-state index contributed by atoms with van der Waals surface area (Å²) in [6.07, 6.45) is 1.86. The van der Waals surface area contributed by atoms with Crippen LogP contribution in [0.2, 0.25) is 0 Å². The minimum Gasteiger partial charge on any atom is -0.444 e. The molecule has 0 spiro atoms. The van der Waals surface area contributed by atoms with Gasteiger partial charge < -0.3 is 38.8 Å². The molecule has 9 nitrogen and oxygen atoms in total. The Bertz CT molecular complexity index is 1720. The molecule has 306 valence electrons. The second-order valence-electron chi connectivity index (χ2n) is 15.5. The number of unbranched alkanes of at least 4 members (excludes halogenated alkanes) is 2. The number of carbonyl (C=O) groups excluding carboxylic acids is 1. The molecule has 0 aromatic heterocycles. The number of ether oxygens (including phenoxy) is 6. The van der Waals surface area contributed by atoms with E-state index in [1.807, 2.05) is 148 Å². The molecule has 1 amide bonds. The Morgan fingerprint density at radius 2 is 1.16 bits per heavy atom. The minimum absolute atomic E-state index is 0.184. The van der Waals surface area contributed by atoms with Gasteiger partial charge in [-0.3, -0.25) is 0 Å². The molecule has 57 heavy (non-hydrogen) atoms. The molecule has 1 fully saturated rings. The van der Waals surface area contributed by atoms with Crippen LogP contribution >= 0.6 is 0 Å². The van der Waals surface area contributed by atoms with Gasteiger partial charge in [0.05, 0.1) is 51.3 Å². The lowest BCUT2D eigenvalue weighted by Crippen LogP contribution is -2.62. The molecule has 1 aliphatic heterocycles. The topological polar surface area (TPSA) is 105 Å². The van der Waals surface area contributed by atoms with Gasteiger partial charge in [0.15, 0.2) is 0 Å². The van der Waals surface area contributed by atoms with E-state index in [-0.39, 0.29) is 19.6 Å². The third-order valence-electron chi connectivity index (χ3n) is 9.64. The largest absolute Gasteiger partial charge is 0.444 e. The summed E-state index contributed by atoms with van der Waals surface area (Å²) in [6, 6.07) is 39.2. The fourth-order valence-corrected chi connectivity index (χ4v) is 6.76. The van der Waals surface area contributed by atoms with Gasteiger partial charge in [-0.25, -0.2) is 4.79 Å². The second kappa shape index (κ2) is 23.2. The number of amides is 1. The van der Waals surface area contributed by atoms with Gasteiger partial charge in [-0.1, -0.05) is 153 Å². The SMILES string of the molecule is CCCCC=C[C@@H](O)[C@H](C[C@H]1O[C@H](COCc2ccccc2)[C@H](OCc2ccccc2)[C@H](OCc2ccccc2)[C@H]1OCc1ccccc1)NC(=O)OC(C)(C)C. The summed E-state index contributed by atoms with van der Waals surface area (Å²) in [5, 5.41) is 14.6. The number of carbonyl (C=O) groups is 1. The number of hydrogen-bond donors (Lipinski definition) is 2. The van der Waals surface area contributed by atoms with E-state index in [0.717, 1.165) is 41.5 Å². The van der Waals surface area contributed by atoms with Crippen LogP contribution in [0, 0.1) is 0 Å². The minimum atomic E-state index is -1.03. The summed E-state index contributed by atoms with van der Waals surface area (Å²) in [4.78, 5) is 13.3. The van der Waals surface area contributed by atoms with Crippen LogP contribution in [0.3, 0.4) is 0 Å². The van der Waals surface area contributed by atoms with Crippen LogP contribution in [-0.4, -0.2) is 66.1 Å². The number of benzene rings is 4. The maximum Gasteiger partial charge on any atom is 0.407 e. The fraction of sp³-hybridized carbons (Fsp3) is 0.438. The van der Waals surface area contributed by atoms with Crippen molar-refractivity contribution < 1.29 is 38.3 Å². The Balaban J connectivity index is 1.52. The standard InChI is InChI=1S/C48H61NO8/c1-5-6-7-20-29-41(50)40(49-47(51)57-48(2,3)4)30-42-44(53-32-37-23-14-9-15-24-37)46(55-34-39-27-18-11-19-28-39)45(54-33-38-25-16-10-17-26-38)43(56-42)35-52-31-36-21-12-8-13-22-36/h8-29,40-46,50H,5-7,30-35H2,1-4H3,(H,49,51)/t40-,41+,42+,43+,44-,45-,46+/m0/s1. The van der Waals surface area contributed by atoms with Crippen molar-refractivity contribution in [2.24, 2.45) is 0 Å². The lowest BCUT2D eigenvalue weighted by Gasteiger charge is -2.47. The van der Waals surface area contributed by atoms with Crippen LogP contribution in [-0.2, 0) is 54.8 Å². The third-order valence-corrected chi connectivity index (χ3v) is 9.64. The Kier molecular flexibility index (Phi) is 17.8. The van der Waals surface area contributed by atoms with Crippen molar-refractivity contribution in [1.29, 1.82) is 0 Å². The lowest BCUT2D eigenvalue weighted by molar-refractivity contribution is -0.274. The van der Waals surface area contributed by atoms with Crippen molar-refractivity contribution in [3.05, 3.63) is 156 Å². The van der Waals surface area contributed by atoms with Gasteiger partial charge in [-0.05, 0) is 55.9 Å². The first kappa shape index (κ1) is 43.8. The summed E-state index contributed by atoms with van der Waals surface area (Å²) in [5.74, 6) is 0. The number of alkyl carbamates (subject to hydrolysis) is 1. The molecule has 0 unspecified atom stereocenters. The number of aliphatic hydroxyl groups is 1. The first-order valence-corrected chi connectivity index (χ1v) is 20.3. The second-order valence-corrected chi connectivity index (χ2v) is 15.5. The van der Waals surface area contributed by atoms with E-state index in [2.05, 4.69) is 12.2 Å².